The van der Waals surface area contributed by atoms with Crippen LogP contribution in [0.5, 0.6) is 5.75 Å². The number of thiophene rings is 1. The lowest BCUT2D eigenvalue weighted by molar-refractivity contribution is 0.414. The Hall–Kier alpha value is -0.800. The molecule has 0 fully saturated rings. The quantitative estimate of drug-likeness (QED) is 0.736. The number of alkyl halides is 1. The first-order valence-corrected chi connectivity index (χ1v) is 7.20. The average molecular weight is 311 g/mol. The van der Waals surface area contributed by atoms with Gasteiger partial charge >= 0.3 is 0 Å². The van der Waals surface area contributed by atoms with Crippen LogP contribution in [0.3, 0.4) is 0 Å². The first-order valence-electron chi connectivity index (χ1n) is 5.46. The normalized spacial score (nSPS) is 12.5. The van der Waals surface area contributed by atoms with Crippen LogP contribution < -0.4 is 4.74 Å². The van der Waals surface area contributed by atoms with Crippen LogP contribution in [0.15, 0.2) is 30.3 Å². The van der Waals surface area contributed by atoms with E-state index in [1.807, 2.05) is 23.5 Å². The van der Waals surface area contributed by atoms with Gasteiger partial charge in [-0.2, -0.15) is 0 Å². The summed E-state index contributed by atoms with van der Waals surface area (Å²) in [5.74, 6) is 0.901. The van der Waals surface area contributed by atoms with E-state index in [0.717, 1.165) is 5.75 Å². The number of methoxy groups -OCH3 is 1. The molecule has 1 atom stereocenters. The van der Waals surface area contributed by atoms with Crippen molar-refractivity contribution in [3.05, 3.63) is 51.2 Å². The first-order chi connectivity index (χ1) is 8.11. The zero-order valence-corrected chi connectivity index (χ0v) is 12.6. The highest BCUT2D eigenvalue weighted by Crippen LogP contribution is 2.38. The minimum atomic E-state index is 0.247. The van der Waals surface area contributed by atoms with Crippen LogP contribution in [0.1, 0.15) is 25.7 Å². The predicted octanol–water partition coefficient (Wildman–Crippen LogP) is 4.86. The second-order valence-electron chi connectivity index (χ2n) is 4.04. The van der Waals surface area contributed by atoms with Crippen LogP contribution in [-0.2, 0) is 0 Å². The van der Waals surface area contributed by atoms with E-state index in [4.69, 9.17) is 4.74 Å². The van der Waals surface area contributed by atoms with E-state index in [1.165, 1.54) is 20.9 Å². The van der Waals surface area contributed by atoms with Crippen molar-refractivity contribution >= 4 is 27.3 Å². The molecule has 0 saturated heterocycles. The zero-order valence-electron chi connectivity index (χ0n) is 10.2. The second-order valence-corrected chi connectivity index (χ2v) is 6.25. The molecule has 1 heterocycles. The Bertz CT molecular complexity index is 519. The van der Waals surface area contributed by atoms with Gasteiger partial charge < -0.3 is 4.74 Å². The maximum Gasteiger partial charge on any atom is 0.119 e. The van der Waals surface area contributed by atoms with Gasteiger partial charge in [0.1, 0.15) is 5.75 Å². The second kappa shape index (κ2) is 5.23. The third-order valence-electron chi connectivity index (χ3n) is 2.70. The van der Waals surface area contributed by atoms with Gasteiger partial charge in [0.2, 0.25) is 0 Å². The van der Waals surface area contributed by atoms with Crippen molar-refractivity contribution in [3.8, 4) is 5.75 Å². The fourth-order valence-electron chi connectivity index (χ4n) is 1.86. The largest absolute Gasteiger partial charge is 0.497 e. The number of hydrogen-bond donors (Lipinski definition) is 0. The highest BCUT2D eigenvalue weighted by molar-refractivity contribution is 9.09. The molecule has 1 aromatic heterocycles. The SMILES string of the molecule is COc1cccc(C(Br)c2sc(C)cc2C)c1. The summed E-state index contributed by atoms with van der Waals surface area (Å²) in [5, 5.41) is 0. The summed E-state index contributed by atoms with van der Waals surface area (Å²) in [6.45, 7) is 4.31. The summed E-state index contributed by atoms with van der Waals surface area (Å²) in [6.07, 6.45) is 0. The van der Waals surface area contributed by atoms with Crippen LogP contribution >= 0.6 is 27.3 Å². The van der Waals surface area contributed by atoms with Crippen molar-refractivity contribution in [2.75, 3.05) is 7.11 Å². The molecule has 1 aromatic carbocycles. The van der Waals surface area contributed by atoms with Gasteiger partial charge in [0.05, 0.1) is 11.9 Å². The van der Waals surface area contributed by atoms with Crippen LogP contribution in [0, 0.1) is 13.8 Å². The van der Waals surface area contributed by atoms with E-state index in [9.17, 15) is 0 Å². The molecular formula is C14H15BrOS. The summed E-state index contributed by atoms with van der Waals surface area (Å²) in [5.41, 5.74) is 2.58. The Morgan fingerprint density at radius 2 is 2.00 bits per heavy atom. The number of aryl methyl sites for hydroxylation is 2. The highest BCUT2D eigenvalue weighted by atomic mass is 79.9. The van der Waals surface area contributed by atoms with Crippen molar-refractivity contribution < 1.29 is 4.74 Å². The minimum Gasteiger partial charge on any atom is -0.497 e. The van der Waals surface area contributed by atoms with E-state index in [0.29, 0.717) is 0 Å². The van der Waals surface area contributed by atoms with Crippen molar-refractivity contribution in [2.45, 2.75) is 18.7 Å². The summed E-state index contributed by atoms with van der Waals surface area (Å²) in [6, 6.07) is 10.4. The molecule has 0 amide bonds. The number of rotatable bonds is 3. The molecule has 0 aliphatic rings. The van der Waals surface area contributed by atoms with Gasteiger partial charge in [-0.15, -0.1) is 11.3 Å². The maximum atomic E-state index is 5.26. The molecule has 3 heteroatoms. The van der Waals surface area contributed by atoms with Gasteiger partial charge in [-0.1, -0.05) is 28.1 Å². The molecule has 90 valence electrons. The average Bonchev–Trinajstić information content (AvgIpc) is 2.67. The maximum absolute atomic E-state index is 5.26. The molecule has 0 saturated carbocycles. The van der Waals surface area contributed by atoms with Crippen molar-refractivity contribution in [2.24, 2.45) is 0 Å². The van der Waals surface area contributed by atoms with E-state index in [-0.39, 0.29) is 4.83 Å². The van der Waals surface area contributed by atoms with Gasteiger partial charge in [-0.05, 0) is 43.2 Å². The van der Waals surface area contributed by atoms with E-state index in [1.54, 1.807) is 7.11 Å². The minimum absolute atomic E-state index is 0.247. The summed E-state index contributed by atoms with van der Waals surface area (Å²) in [4.78, 5) is 2.97. The third kappa shape index (κ3) is 2.72. The zero-order chi connectivity index (χ0) is 12.4. The molecule has 2 rings (SSSR count). The summed E-state index contributed by atoms with van der Waals surface area (Å²) >= 11 is 5.62. The Labute approximate surface area is 115 Å². The molecule has 0 N–H and O–H groups in total. The Kier molecular flexibility index (Phi) is 3.89. The molecule has 1 nitrogen and oxygen atoms in total. The lowest BCUT2D eigenvalue weighted by Crippen LogP contribution is -1.92. The topological polar surface area (TPSA) is 9.23 Å². The molecule has 0 aliphatic heterocycles. The summed E-state index contributed by atoms with van der Waals surface area (Å²) in [7, 11) is 1.70. The van der Waals surface area contributed by atoms with Crippen LogP contribution in [0.25, 0.3) is 0 Å². The molecule has 1 unspecified atom stereocenters. The standard InChI is InChI=1S/C14H15BrOS/c1-9-7-10(2)17-14(9)13(15)11-5-4-6-12(8-11)16-3/h4-8,13H,1-3H3. The van der Waals surface area contributed by atoms with Crippen LogP contribution in [0.4, 0.5) is 0 Å². The van der Waals surface area contributed by atoms with Gasteiger partial charge in [0.25, 0.3) is 0 Å². The van der Waals surface area contributed by atoms with E-state index >= 15 is 0 Å². The van der Waals surface area contributed by atoms with Gasteiger partial charge in [-0.3, -0.25) is 0 Å². The Morgan fingerprint density at radius 1 is 1.24 bits per heavy atom. The Balaban J connectivity index is 2.36. The van der Waals surface area contributed by atoms with Crippen molar-refractivity contribution in [1.82, 2.24) is 0 Å². The third-order valence-corrected chi connectivity index (χ3v) is 5.20. The molecule has 0 radical (unpaired) electrons. The lowest BCUT2D eigenvalue weighted by atomic mass is 10.1. The summed E-state index contributed by atoms with van der Waals surface area (Å²) < 4.78 is 5.26. The van der Waals surface area contributed by atoms with Gasteiger partial charge in [-0.25, -0.2) is 0 Å². The molecule has 0 bridgehead atoms. The molecular weight excluding hydrogens is 296 g/mol. The van der Waals surface area contributed by atoms with E-state index < -0.39 is 0 Å². The van der Waals surface area contributed by atoms with E-state index in [2.05, 4.69) is 48.0 Å². The number of ether oxygens (including phenoxy) is 1. The number of hydrogen-bond acceptors (Lipinski definition) is 2. The highest BCUT2D eigenvalue weighted by Gasteiger charge is 2.15. The van der Waals surface area contributed by atoms with Crippen molar-refractivity contribution in [3.63, 3.8) is 0 Å². The molecule has 0 aliphatic carbocycles. The number of halogens is 1. The molecule has 0 spiro atoms. The monoisotopic (exact) mass is 310 g/mol. The molecule has 17 heavy (non-hydrogen) atoms. The number of benzene rings is 1. The van der Waals surface area contributed by atoms with Gasteiger partial charge in [0.15, 0.2) is 0 Å². The lowest BCUT2D eigenvalue weighted by Gasteiger charge is -2.11. The van der Waals surface area contributed by atoms with Crippen molar-refractivity contribution in [1.29, 1.82) is 0 Å². The smallest absolute Gasteiger partial charge is 0.119 e. The molecule has 2 aromatic rings. The van der Waals surface area contributed by atoms with Gasteiger partial charge in [0, 0.05) is 9.75 Å². The van der Waals surface area contributed by atoms with Crippen LogP contribution in [-0.4, -0.2) is 7.11 Å². The fourth-order valence-corrected chi connectivity index (χ4v) is 3.83. The predicted molar refractivity (Wildman–Crippen MR) is 77.6 cm³/mol. The Morgan fingerprint density at radius 3 is 2.59 bits per heavy atom. The van der Waals surface area contributed by atoms with Crippen LogP contribution in [0.2, 0.25) is 0 Å². The fraction of sp³-hybridized carbons (Fsp3) is 0.286. The first kappa shape index (κ1) is 12.7.